The third-order valence-corrected chi connectivity index (χ3v) is 3.42. The van der Waals surface area contributed by atoms with Crippen LogP contribution >= 0.6 is 11.6 Å². The van der Waals surface area contributed by atoms with Gasteiger partial charge in [-0.1, -0.05) is 11.6 Å². The van der Waals surface area contributed by atoms with Crippen LogP contribution in [0, 0.1) is 5.92 Å². The fourth-order valence-electron chi connectivity index (χ4n) is 2.36. The lowest BCUT2D eigenvalue weighted by atomic mass is 10.1. The lowest BCUT2D eigenvalue weighted by Gasteiger charge is -2.25. The molecule has 1 amide bonds. The number of pyridine rings is 1. The Hall–Kier alpha value is -1.17. The zero-order chi connectivity index (χ0) is 14.5. The van der Waals surface area contributed by atoms with Gasteiger partial charge in [-0.2, -0.15) is 0 Å². The molecule has 2 rings (SSSR count). The number of carbonyl (C=O) groups excluding carboxylic acids is 1. The van der Waals surface area contributed by atoms with E-state index in [-0.39, 0.29) is 5.91 Å². The maximum Gasteiger partial charge on any atom is 0.272 e. The van der Waals surface area contributed by atoms with Crippen molar-refractivity contribution in [1.29, 1.82) is 0 Å². The Balaban J connectivity index is 2.05. The van der Waals surface area contributed by atoms with Crippen molar-refractivity contribution in [3.8, 4) is 0 Å². The maximum absolute atomic E-state index is 12.4. The Bertz CT molecular complexity index is 450. The van der Waals surface area contributed by atoms with Crippen LogP contribution in [0.25, 0.3) is 0 Å². The molecule has 2 heterocycles. The molecule has 1 fully saturated rings. The zero-order valence-electron chi connectivity index (χ0n) is 11.9. The van der Waals surface area contributed by atoms with E-state index in [2.05, 4.69) is 9.88 Å². The van der Waals surface area contributed by atoms with Gasteiger partial charge in [-0.15, -0.1) is 0 Å². The molecule has 1 aliphatic rings. The average molecular weight is 298 g/mol. The predicted molar refractivity (Wildman–Crippen MR) is 78.0 cm³/mol. The number of halogens is 1. The standard InChI is InChI=1S/C14H20ClN3O2/c1-17(2)8-11-9-18(5-6-20-10-11)14(19)13-4-3-12(15)7-16-13/h3-4,7,11H,5-6,8-10H2,1-2H3. The van der Waals surface area contributed by atoms with Gasteiger partial charge in [0.05, 0.1) is 18.2 Å². The summed E-state index contributed by atoms with van der Waals surface area (Å²) in [6.07, 6.45) is 1.50. The highest BCUT2D eigenvalue weighted by atomic mass is 35.5. The number of aromatic nitrogens is 1. The molecule has 1 atom stereocenters. The van der Waals surface area contributed by atoms with Crippen molar-refractivity contribution in [1.82, 2.24) is 14.8 Å². The second-order valence-corrected chi connectivity index (χ2v) is 5.75. The summed E-state index contributed by atoms with van der Waals surface area (Å²) >= 11 is 5.80. The quantitative estimate of drug-likeness (QED) is 0.846. The molecule has 0 bridgehead atoms. The summed E-state index contributed by atoms with van der Waals surface area (Å²) in [6.45, 7) is 3.46. The molecule has 1 aromatic rings. The van der Waals surface area contributed by atoms with Crippen molar-refractivity contribution >= 4 is 17.5 Å². The van der Waals surface area contributed by atoms with Gasteiger partial charge in [-0.05, 0) is 26.2 Å². The first-order valence-corrected chi connectivity index (χ1v) is 7.07. The summed E-state index contributed by atoms with van der Waals surface area (Å²) in [5.74, 6) is 0.264. The van der Waals surface area contributed by atoms with Gasteiger partial charge in [-0.3, -0.25) is 4.79 Å². The van der Waals surface area contributed by atoms with Crippen molar-refractivity contribution in [3.63, 3.8) is 0 Å². The average Bonchev–Trinajstić information content (AvgIpc) is 2.63. The molecule has 0 spiro atoms. The molecule has 5 nitrogen and oxygen atoms in total. The molecule has 1 saturated heterocycles. The number of hydrogen-bond donors (Lipinski definition) is 0. The molecule has 1 aliphatic heterocycles. The SMILES string of the molecule is CN(C)CC1COCCN(C(=O)c2ccc(Cl)cn2)C1. The topological polar surface area (TPSA) is 45.7 Å². The Labute approximate surface area is 124 Å². The summed E-state index contributed by atoms with van der Waals surface area (Å²) in [5, 5.41) is 0.534. The number of rotatable bonds is 3. The molecule has 1 aromatic heterocycles. The summed E-state index contributed by atoms with van der Waals surface area (Å²) in [7, 11) is 4.05. The molecular weight excluding hydrogens is 278 g/mol. The predicted octanol–water partition coefficient (Wildman–Crippen LogP) is 1.39. The van der Waals surface area contributed by atoms with E-state index in [1.807, 2.05) is 19.0 Å². The van der Waals surface area contributed by atoms with E-state index in [1.165, 1.54) is 6.20 Å². The molecule has 0 radical (unpaired) electrons. The lowest BCUT2D eigenvalue weighted by molar-refractivity contribution is 0.0729. The zero-order valence-corrected chi connectivity index (χ0v) is 12.6. The highest BCUT2D eigenvalue weighted by Gasteiger charge is 2.24. The van der Waals surface area contributed by atoms with Gasteiger partial charge in [0, 0.05) is 31.7 Å². The van der Waals surface area contributed by atoms with E-state index in [0.29, 0.717) is 42.9 Å². The van der Waals surface area contributed by atoms with Crippen LogP contribution in [-0.2, 0) is 4.74 Å². The Morgan fingerprint density at radius 2 is 2.35 bits per heavy atom. The van der Waals surface area contributed by atoms with Gasteiger partial charge in [0.1, 0.15) is 5.69 Å². The van der Waals surface area contributed by atoms with Crippen LogP contribution in [0.5, 0.6) is 0 Å². The first-order valence-electron chi connectivity index (χ1n) is 6.69. The largest absolute Gasteiger partial charge is 0.379 e. The normalized spacial score (nSPS) is 20.0. The highest BCUT2D eigenvalue weighted by Crippen LogP contribution is 2.13. The van der Waals surface area contributed by atoms with Gasteiger partial charge in [0.15, 0.2) is 0 Å². The maximum atomic E-state index is 12.4. The molecule has 0 N–H and O–H groups in total. The van der Waals surface area contributed by atoms with Crippen molar-refractivity contribution in [2.24, 2.45) is 5.92 Å². The van der Waals surface area contributed by atoms with Crippen LogP contribution in [0.2, 0.25) is 5.02 Å². The van der Waals surface area contributed by atoms with Gasteiger partial charge < -0.3 is 14.5 Å². The second-order valence-electron chi connectivity index (χ2n) is 5.32. The van der Waals surface area contributed by atoms with E-state index in [1.54, 1.807) is 12.1 Å². The third-order valence-electron chi connectivity index (χ3n) is 3.19. The molecule has 6 heteroatoms. The summed E-state index contributed by atoms with van der Waals surface area (Å²) < 4.78 is 5.58. The number of nitrogens with zero attached hydrogens (tertiary/aromatic N) is 3. The van der Waals surface area contributed by atoms with Crippen LogP contribution in [-0.4, -0.2) is 67.6 Å². The molecule has 110 valence electrons. The fourth-order valence-corrected chi connectivity index (χ4v) is 2.47. The smallest absolute Gasteiger partial charge is 0.272 e. The van der Waals surface area contributed by atoms with E-state index in [9.17, 15) is 4.79 Å². The minimum absolute atomic E-state index is 0.0593. The monoisotopic (exact) mass is 297 g/mol. The second kappa shape index (κ2) is 7.02. The summed E-state index contributed by atoms with van der Waals surface area (Å²) in [5.41, 5.74) is 0.430. The Morgan fingerprint density at radius 3 is 3.00 bits per heavy atom. The molecule has 1 unspecified atom stereocenters. The molecular formula is C14H20ClN3O2. The Morgan fingerprint density at radius 1 is 1.55 bits per heavy atom. The first-order chi connectivity index (χ1) is 9.56. The van der Waals surface area contributed by atoms with Crippen LogP contribution in [0.1, 0.15) is 10.5 Å². The minimum Gasteiger partial charge on any atom is -0.379 e. The highest BCUT2D eigenvalue weighted by molar-refractivity contribution is 6.30. The van der Waals surface area contributed by atoms with Crippen molar-refractivity contribution in [2.75, 3.05) is 46.9 Å². The van der Waals surface area contributed by atoms with Crippen molar-refractivity contribution in [2.45, 2.75) is 0 Å². The number of hydrogen-bond acceptors (Lipinski definition) is 4. The molecule has 20 heavy (non-hydrogen) atoms. The van der Waals surface area contributed by atoms with E-state index in [0.717, 1.165) is 6.54 Å². The fraction of sp³-hybridized carbons (Fsp3) is 0.571. The first kappa shape index (κ1) is 15.2. The van der Waals surface area contributed by atoms with Crippen LogP contribution < -0.4 is 0 Å². The van der Waals surface area contributed by atoms with E-state index in [4.69, 9.17) is 16.3 Å². The van der Waals surface area contributed by atoms with Gasteiger partial charge in [0.25, 0.3) is 5.91 Å². The van der Waals surface area contributed by atoms with Gasteiger partial charge >= 0.3 is 0 Å². The van der Waals surface area contributed by atoms with Crippen LogP contribution in [0.15, 0.2) is 18.3 Å². The third kappa shape index (κ3) is 4.16. The number of amides is 1. The number of carbonyl (C=O) groups is 1. The van der Waals surface area contributed by atoms with Gasteiger partial charge in [-0.25, -0.2) is 4.98 Å². The Kier molecular flexibility index (Phi) is 5.34. The van der Waals surface area contributed by atoms with E-state index < -0.39 is 0 Å². The molecule has 0 saturated carbocycles. The van der Waals surface area contributed by atoms with Gasteiger partial charge in [0.2, 0.25) is 0 Å². The van der Waals surface area contributed by atoms with Crippen LogP contribution in [0.3, 0.4) is 0 Å². The van der Waals surface area contributed by atoms with Crippen molar-refractivity contribution < 1.29 is 9.53 Å². The molecule has 0 aliphatic carbocycles. The van der Waals surface area contributed by atoms with Crippen molar-refractivity contribution in [3.05, 3.63) is 29.0 Å². The summed E-state index contributed by atoms with van der Waals surface area (Å²) in [6, 6.07) is 3.35. The molecule has 0 aromatic carbocycles. The minimum atomic E-state index is -0.0593. The summed E-state index contributed by atoms with van der Waals surface area (Å²) in [4.78, 5) is 20.5. The van der Waals surface area contributed by atoms with Crippen LogP contribution in [0.4, 0.5) is 0 Å². The lowest BCUT2D eigenvalue weighted by Crippen LogP contribution is -2.39. The number of ether oxygens (including phenoxy) is 1. The van der Waals surface area contributed by atoms with E-state index >= 15 is 0 Å².